The predicted octanol–water partition coefficient (Wildman–Crippen LogP) is 1.68. The van der Waals surface area contributed by atoms with Gasteiger partial charge in [0.2, 0.25) is 0 Å². The Kier molecular flexibility index (Phi) is 3.08. The molecule has 0 spiro atoms. The van der Waals surface area contributed by atoms with Crippen LogP contribution in [0.2, 0.25) is 0 Å². The Morgan fingerprint density at radius 3 is 2.73 bits per heavy atom. The van der Waals surface area contributed by atoms with Gasteiger partial charge in [-0.3, -0.25) is 0 Å². The molecule has 2 unspecified atom stereocenters. The quantitative estimate of drug-likeness (QED) is 0.540. The van der Waals surface area contributed by atoms with Gasteiger partial charge in [0.15, 0.2) is 0 Å². The van der Waals surface area contributed by atoms with E-state index in [9.17, 15) is 18.0 Å². The standard InChI is InChI=1S/C9H11F3O3/c1-3-6-5-15-9(11,12)8(6,10)7(13)14-4-2/h3,6H,1,4-5H2,2H3. The van der Waals surface area contributed by atoms with Crippen LogP contribution in [-0.4, -0.2) is 31.0 Å². The smallest absolute Gasteiger partial charge is 0.401 e. The molecule has 0 N–H and O–H groups in total. The van der Waals surface area contributed by atoms with Crippen molar-refractivity contribution >= 4 is 5.97 Å². The molecule has 6 heteroatoms. The van der Waals surface area contributed by atoms with Crippen LogP contribution in [0.1, 0.15) is 6.92 Å². The minimum atomic E-state index is -4.17. The third kappa shape index (κ3) is 1.62. The number of halogens is 3. The lowest BCUT2D eigenvalue weighted by atomic mass is 9.91. The van der Waals surface area contributed by atoms with Crippen molar-refractivity contribution in [2.45, 2.75) is 18.7 Å². The first-order valence-electron chi connectivity index (χ1n) is 4.40. The maximum absolute atomic E-state index is 13.9. The number of hydrogen-bond acceptors (Lipinski definition) is 3. The van der Waals surface area contributed by atoms with Crippen LogP contribution in [0.3, 0.4) is 0 Å². The van der Waals surface area contributed by atoms with Gasteiger partial charge in [-0.1, -0.05) is 6.08 Å². The highest BCUT2D eigenvalue weighted by Gasteiger charge is 2.71. The van der Waals surface area contributed by atoms with Crippen molar-refractivity contribution in [1.82, 2.24) is 0 Å². The molecular formula is C9H11F3O3. The van der Waals surface area contributed by atoms with Crippen molar-refractivity contribution < 1.29 is 27.4 Å². The van der Waals surface area contributed by atoms with Gasteiger partial charge < -0.3 is 9.47 Å². The van der Waals surface area contributed by atoms with Crippen LogP contribution >= 0.6 is 0 Å². The summed E-state index contributed by atoms with van der Waals surface area (Å²) < 4.78 is 48.3. The first kappa shape index (κ1) is 12.0. The van der Waals surface area contributed by atoms with E-state index in [4.69, 9.17) is 0 Å². The van der Waals surface area contributed by atoms with Gasteiger partial charge in [0.05, 0.1) is 19.1 Å². The van der Waals surface area contributed by atoms with E-state index < -0.39 is 30.3 Å². The highest BCUT2D eigenvalue weighted by molar-refractivity contribution is 5.82. The number of alkyl halides is 3. The summed E-state index contributed by atoms with van der Waals surface area (Å²) in [7, 11) is 0. The number of hydrogen-bond donors (Lipinski definition) is 0. The summed E-state index contributed by atoms with van der Waals surface area (Å²) in [6.45, 7) is 3.82. The number of rotatable bonds is 3. The summed E-state index contributed by atoms with van der Waals surface area (Å²) in [5, 5.41) is 0. The lowest BCUT2D eigenvalue weighted by molar-refractivity contribution is -0.267. The van der Waals surface area contributed by atoms with Crippen molar-refractivity contribution in [3.05, 3.63) is 12.7 Å². The molecule has 86 valence electrons. The van der Waals surface area contributed by atoms with Crippen molar-refractivity contribution in [2.75, 3.05) is 13.2 Å². The highest BCUT2D eigenvalue weighted by atomic mass is 19.3. The number of carbonyl (C=O) groups excluding carboxylic acids is 1. The van der Waals surface area contributed by atoms with E-state index >= 15 is 0 Å². The van der Waals surface area contributed by atoms with Gasteiger partial charge in [0.25, 0.3) is 0 Å². The fourth-order valence-electron chi connectivity index (χ4n) is 1.37. The Morgan fingerprint density at radius 2 is 2.27 bits per heavy atom. The maximum atomic E-state index is 13.9. The minimum absolute atomic E-state index is 0.176. The summed E-state index contributed by atoms with van der Waals surface area (Å²) in [5.74, 6) is -3.01. The van der Waals surface area contributed by atoms with Crippen molar-refractivity contribution in [2.24, 2.45) is 5.92 Å². The molecule has 3 nitrogen and oxygen atoms in total. The van der Waals surface area contributed by atoms with Crippen LogP contribution in [0.5, 0.6) is 0 Å². The maximum Gasteiger partial charge on any atom is 0.401 e. The summed E-state index contributed by atoms with van der Waals surface area (Å²) in [5.41, 5.74) is -3.47. The molecule has 1 aliphatic heterocycles. The van der Waals surface area contributed by atoms with Crippen LogP contribution in [-0.2, 0) is 14.3 Å². The van der Waals surface area contributed by atoms with Gasteiger partial charge in [0, 0.05) is 0 Å². The predicted molar refractivity (Wildman–Crippen MR) is 45.1 cm³/mol. The van der Waals surface area contributed by atoms with E-state index in [1.165, 1.54) is 6.92 Å². The summed E-state index contributed by atoms with van der Waals surface area (Å²) >= 11 is 0. The Labute approximate surface area is 84.8 Å². The van der Waals surface area contributed by atoms with Gasteiger partial charge in [-0.25, -0.2) is 9.18 Å². The van der Waals surface area contributed by atoms with E-state index in [-0.39, 0.29) is 6.61 Å². The largest absolute Gasteiger partial charge is 0.463 e. The summed E-state index contributed by atoms with van der Waals surface area (Å²) in [4.78, 5) is 11.1. The SMILES string of the molecule is C=CC1COC(F)(F)C1(F)C(=O)OCC. The third-order valence-electron chi connectivity index (χ3n) is 2.24. The average molecular weight is 224 g/mol. The molecule has 0 saturated carbocycles. The fourth-order valence-corrected chi connectivity index (χ4v) is 1.37. The van der Waals surface area contributed by atoms with Gasteiger partial charge >= 0.3 is 17.7 Å². The van der Waals surface area contributed by atoms with E-state index in [0.717, 1.165) is 6.08 Å². The Hall–Kier alpha value is -1.04. The summed E-state index contributed by atoms with van der Waals surface area (Å²) in [6.07, 6.45) is -3.24. The van der Waals surface area contributed by atoms with Gasteiger partial charge in [-0.05, 0) is 6.92 Å². The van der Waals surface area contributed by atoms with Crippen molar-refractivity contribution in [3.63, 3.8) is 0 Å². The molecular weight excluding hydrogens is 213 g/mol. The molecule has 0 aromatic carbocycles. The Bertz CT molecular complexity index is 280. The Balaban J connectivity index is 3.03. The second-order valence-electron chi connectivity index (χ2n) is 3.10. The third-order valence-corrected chi connectivity index (χ3v) is 2.24. The van der Waals surface area contributed by atoms with Crippen molar-refractivity contribution in [3.8, 4) is 0 Å². The molecule has 0 aliphatic carbocycles. The first-order chi connectivity index (χ1) is 6.90. The van der Waals surface area contributed by atoms with Crippen LogP contribution in [0.4, 0.5) is 13.2 Å². The number of ether oxygens (including phenoxy) is 2. The highest BCUT2D eigenvalue weighted by Crippen LogP contribution is 2.46. The van der Waals surface area contributed by atoms with Crippen LogP contribution < -0.4 is 0 Å². The van der Waals surface area contributed by atoms with Gasteiger partial charge in [-0.2, -0.15) is 8.78 Å². The van der Waals surface area contributed by atoms with Gasteiger partial charge in [-0.15, -0.1) is 6.58 Å². The van der Waals surface area contributed by atoms with E-state index in [1.807, 2.05) is 0 Å². The summed E-state index contributed by atoms with van der Waals surface area (Å²) in [6, 6.07) is 0. The van der Waals surface area contributed by atoms with Crippen molar-refractivity contribution in [1.29, 1.82) is 0 Å². The molecule has 1 aliphatic rings. The normalized spacial score (nSPS) is 33.7. The molecule has 2 atom stereocenters. The van der Waals surface area contributed by atoms with Crippen LogP contribution in [0.25, 0.3) is 0 Å². The number of esters is 1. The molecule has 0 aromatic rings. The number of carbonyl (C=O) groups is 1. The first-order valence-corrected chi connectivity index (χ1v) is 4.40. The second-order valence-corrected chi connectivity index (χ2v) is 3.10. The average Bonchev–Trinajstić information content (AvgIpc) is 2.40. The zero-order chi connectivity index (χ0) is 11.7. The molecule has 0 amide bonds. The molecule has 1 heterocycles. The fraction of sp³-hybridized carbons (Fsp3) is 0.667. The van der Waals surface area contributed by atoms with Crippen LogP contribution in [0.15, 0.2) is 12.7 Å². The molecule has 15 heavy (non-hydrogen) atoms. The molecule has 0 radical (unpaired) electrons. The monoisotopic (exact) mass is 224 g/mol. The lowest BCUT2D eigenvalue weighted by Gasteiger charge is -2.25. The lowest BCUT2D eigenvalue weighted by Crippen LogP contribution is -2.51. The van der Waals surface area contributed by atoms with E-state index in [2.05, 4.69) is 16.1 Å². The van der Waals surface area contributed by atoms with E-state index in [1.54, 1.807) is 0 Å². The topological polar surface area (TPSA) is 35.5 Å². The molecule has 1 saturated heterocycles. The molecule has 1 rings (SSSR count). The van der Waals surface area contributed by atoms with E-state index in [0.29, 0.717) is 0 Å². The zero-order valence-electron chi connectivity index (χ0n) is 8.13. The molecule has 1 fully saturated rings. The second kappa shape index (κ2) is 3.84. The Morgan fingerprint density at radius 1 is 1.67 bits per heavy atom. The van der Waals surface area contributed by atoms with Crippen LogP contribution in [0, 0.1) is 5.92 Å². The zero-order valence-corrected chi connectivity index (χ0v) is 8.13. The van der Waals surface area contributed by atoms with Gasteiger partial charge in [0.1, 0.15) is 0 Å². The minimum Gasteiger partial charge on any atom is -0.463 e. The molecule has 0 bridgehead atoms. The molecule has 0 aromatic heterocycles.